The molecule has 0 aliphatic carbocycles. The van der Waals surface area contributed by atoms with Crippen LogP contribution in [0.5, 0.6) is 5.75 Å². The number of hydrogen-bond acceptors (Lipinski definition) is 2. The molecule has 0 fully saturated rings. The molecule has 2 rings (SSSR count). The number of ether oxygens (including phenoxy) is 1. The first-order chi connectivity index (χ1) is 7.00. The second-order valence-electron chi connectivity index (χ2n) is 4.83. The minimum atomic E-state index is 0.0387. The Hall–Kier alpha value is -1.44. The molecule has 0 aromatic heterocycles. The smallest absolute Gasteiger partial charge is 0.143 e. The van der Waals surface area contributed by atoms with Crippen molar-refractivity contribution in [1.29, 1.82) is 0 Å². The van der Waals surface area contributed by atoms with Crippen LogP contribution in [0.4, 0.5) is 5.69 Å². The van der Waals surface area contributed by atoms with Crippen LogP contribution in [-0.2, 0) is 0 Å². The monoisotopic (exact) mass is 203 g/mol. The summed E-state index contributed by atoms with van der Waals surface area (Å²) in [5.74, 6) is 0.944. The van der Waals surface area contributed by atoms with Gasteiger partial charge in [0.2, 0.25) is 0 Å². The molecule has 0 amide bonds. The Kier molecular flexibility index (Phi) is 2.22. The van der Waals surface area contributed by atoms with Crippen LogP contribution in [0.15, 0.2) is 36.5 Å². The van der Waals surface area contributed by atoms with E-state index in [9.17, 15) is 0 Å². The van der Waals surface area contributed by atoms with Crippen molar-refractivity contribution in [3.8, 4) is 5.75 Å². The van der Waals surface area contributed by atoms with Gasteiger partial charge in [-0.2, -0.15) is 0 Å². The third-order valence-corrected chi connectivity index (χ3v) is 2.49. The van der Waals surface area contributed by atoms with Crippen LogP contribution >= 0.6 is 0 Å². The second-order valence-corrected chi connectivity index (χ2v) is 4.83. The van der Waals surface area contributed by atoms with Crippen LogP contribution in [0.2, 0.25) is 0 Å². The first-order valence-electron chi connectivity index (χ1n) is 5.20. The van der Waals surface area contributed by atoms with Crippen molar-refractivity contribution >= 4 is 5.69 Å². The Labute approximate surface area is 91.2 Å². The van der Waals surface area contributed by atoms with Crippen LogP contribution in [0, 0.1) is 0 Å². The maximum atomic E-state index is 5.62. The summed E-state index contributed by atoms with van der Waals surface area (Å²) < 4.78 is 5.62. The summed E-state index contributed by atoms with van der Waals surface area (Å²) in [7, 11) is 0. The van der Waals surface area contributed by atoms with Crippen molar-refractivity contribution in [2.45, 2.75) is 26.3 Å². The largest absolute Gasteiger partial charge is 0.485 e. The van der Waals surface area contributed by atoms with Crippen molar-refractivity contribution in [2.24, 2.45) is 0 Å². The Morgan fingerprint density at radius 2 is 1.93 bits per heavy atom. The quantitative estimate of drug-likeness (QED) is 0.642. The topological polar surface area (TPSA) is 12.5 Å². The van der Waals surface area contributed by atoms with Gasteiger partial charge in [-0.25, -0.2) is 0 Å². The van der Waals surface area contributed by atoms with Crippen LogP contribution < -0.4 is 9.64 Å². The lowest BCUT2D eigenvalue weighted by molar-refractivity contribution is 0.321. The molecule has 0 radical (unpaired) electrons. The molecule has 0 unspecified atom stereocenters. The van der Waals surface area contributed by atoms with Crippen molar-refractivity contribution in [1.82, 2.24) is 0 Å². The van der Waals surface area contributed by atoms with E-state index in [1.54, 1.807) is 0 Å². The van der Waals surface area contributed by atoms with E-state index in [0.717, 1.165) is 17.1 Å². The van der Waals surface area contributed by atoms with Gasteiger partial charge < -0.3 is 9.64 Å². The van der Waals surface area contributed by atoms with Crippen molar-refractivity contribution in [3.63, 3.8) is 0 Å². The highest BCUT2D eigenvalue weighted by Gasteiger charge is 2.29. The highest BCUT2D eigenvalue weighted by molar-refractivity contribution is 5.65. The molecule has 2 heteroatoms. The van der Waals surface area contributed by atoms with E-state index in [0.29, 0.717) is 6.61 Å². The molecule has 0 bridgehead atoms. The maximum absolute atomic E-state index is 5.62. The molecule has 0 spiro atoms. The molecule has 1 aliphatic heterocycles. The summed E-state index contributed by atoms with van der Waals surface area (Å²) in [5, 5.41) is 0. The molecular weight excluding hydrogens is 186 g/mol. The lowest BCUT2D eigenvalue weighted by atomic mass is 10.0. The molecule has 0 saturated carbocycles. The highest BCUT2D eigenvalue weighted by Crippen LogP contribution is 2.38. The number of anilines is 1. The van der Waals surface area contributed by atoms with Crippen LogP contribution in [0.25, 0.3) is 0 Å². The minimum Gasteiger partial charge on any atom is -0.485 e. The Balaban J connectivity index is 2.51. The fourth-order valence-corrected chi connectivity index (χ4v) is 2.00. The number of fused-ring (bicyclic) bond motifs is 1. The third kappa shape index (κ3) is 1.72. The van der Waals surface area contributed by atoms with Crippen molar-refractivity contribution in [2.75, 3.05) is 11.5 Å². The maximum Gasteiger partial charge on any atom is 0.143 e. The van der Waals surface area contributed by atoms with Crippen molar-refractivity contribution < 1.29 is 4.74 Å². The number of hydrogen-bond donors (Lipinski definition) is 0. The molecule has 1 aromatic carbocycles. The third-order valence-electron chi connectivity index (χ3n) is 2.49. The van der Waals surface area contributed by atoms with Gasteiger partial charge in [0.05, 0.1) is 5.69 Å². The fourth-order valence-electron chi connectivity index (χ4n) is 2.00. The van der Waals surface area contributed by atoms with E-state index in [-0.39, 0.29) is 5.54 Å². The number of rotatable bonds is 0. The van der Waals surface area contributed by atoms with Crippen molar-refractivity contribution in [3.05, 3.63) is 36.5 Å². The van der Waals surface area contributed by atoms with Gasteiger partial charge in [-0.15, -0.1) is 0 Å². The average Bonchev–Trinajstić information content (AvgIpc) is 2.15. The Bertz CT molecular complexity index is 390. The number of benzene rings is 1. The molecule has 15 heavy (non-hydrogen) atoms. The van der Waals surface area contributed by atoms with Gasteiger partial charge in [-0.05, 0) is 32.9 Å². The summed E-state index contributed by atoms with van der Waals surface area (Å²) in [5.41, 5.74) is 2.17. The number of nitrogens with zero attached hydrogens (tertiary/aromatic N) is 1. The molecule has 1 aliphatic rings. The van der Waals surface area contributed by atoms with Gasteiger partial charge in [0, 0.05) is 11.2 Å². The minimum absolute atomic E-state index is 0.0387. The second kappa shape index (κ2) is 3.30. The molecule has 0 saturated heterocycles. The lowest BCUT2D eigenvalue weighted by Gasteiger charge is -2.42. The van der Waals surface area contributed by atoms with E-state index in [4.69, 9.17) is 4.74 Å². The Morgan fingerprint density at radius 1 is 1.27 bits per heavy atom. The SMILES string of the molecule is C=C1COc2ccccc2N1C(C)(C)C. The van der Waals surface area contributed by atoms with E-state index in [1.807, 2.05) is 18.2 Å². The summed E-state index contributed by atoms with van der Waals surface area (Å²) in [6, 6.07) is 8.10. The summed E-state index contributed by atoms with van der Waals surface area (Å²) >= 11 is 0. The lowest BCUT2D eigenvalue weighted by Crippen LogP contribution is -2.44. The van der Waals surface area contributed by atoms with Gasteiger partial charge in [-0.1, -0.05) is 18.7 Å². The summed E-state index contributed by atoms with van der Waals surface area (Å²) in [6.07, 6.45) is 0. The first-order valence-corrected chi connectivity index (χ1v) is 5.20. The molecular formula is C13H17NO. The van der Waals surface area contributed by atoms with Crippen LogP contribution in [0.1, 0.15) is 20.8 Å². The standard InChI is InChI=1S/C13H17NO/c1-10-9-15-12-8-6-5-7-11(12)14(10)13(2,3)4/h5-8H,1,9H2,2-4H3. The first kappa shape index (κ1) is 10.1. The van der Waals surface area contributed by atoms with Gasteiger partial charge >= 0.3 is 0 Å². The van der Waals surface area contributed by atoms with Gasteiger partial charge in [0.25, 0.3) is 0 Å². The molecule has 0 atom stereocenters. The molecule has 1 aromatic rings. The molecule has 0 N–H and O–H groups in total. The van der Waals surface area contributed by atoms with E-state index in [2.05, 4.69) is 38.3 Å². The zero-order chi connectivity index (χ0) is 11.1. The van der Waals surface area contributed by atoms with Gasteiger partial charge in [-0.3, -0.25) is 0 Å². The predicted molar refractivity (Wildman–Crippen MR) is 63.3 cm³/mol. The zero-order valence-corrected chi connectivity index (χ0v) is 9.58. The fraction of sp³-hybridized carbons (Fsp3) is 0.385. The van der Waals surface area contributed by atoms with Gasteiger partial charge in [0.1, 0.15) is 12.4 Å². The predicted octanol–water partition coefficient (Wildman–Crippen LogP) is 3.20. The average molecular weight is 203 g/mol. The van der Waals surface area contributed by atoms with Gasteiger partial charge in [0.15, 0.2) is 0 Å². The normalized spacial score (nSPS) is 15.9. The highest BCUT2D eigenvalue weighted by atomic mass is 16.5. The number of para-hydroxylation sites is 2. The molecule has 1 heterocycles. The van der Waals surface area contributed by atoms with E-state index < -0.39 is 0 Å². The zero-order valence-electron chi connectivity index (χ0n) is 9.58. The summed E-state index contributed by atoms with van der Waals surface area (Å²) in [6.45, 7) is 11.2. The van der Waals surface area contributed by atoms with E-state index >= 15 is 0 Å². The molecule has 80 valence electrons. The van der Waals surface area contributed by atoms with E-state index in [1.165, 1.54) is 0 Å². The van der Waals surface area contributed by atoms with Crippen LogP contribution in [0.3, 0.4) is 0 Å². The van der Waals surface area contributed by atoms with Crippen LogP contribution in [-0.4, -0.2) is 12.1 Å². The Morgan fingerprint density at radius 3 is 2.60 bits per heavy atom. The summed E-state index contributed by atoms with van der Waals surface area (Å²) in [4.78, 5) is 2.24. The molecule has 2 nitrogen and oxygen atoms in total.